The molecule has 0 unspecified atom stereocenters. The highest BCUT2D eigenvalue weighted by molar-refractivity contribution is 8.26. The second-order valence-electron chi connectivity index (χ2n) is 6.56. The Labute approximate surface area is 194 Å². The van der Waals surface area contributed by atoms with Crippen molar-refractivity contribution in [1.82, 2.24) is 4.90 Å². The Balaban J connectivity index is 1.64. The number of rotatable bonds is 7. The number of nitrogens with one attached hydrogen (secondary N) is 1. The molecule has 0 aliphatic carbocycles. The van der Waals surface area contributed by atoms with Crippen molar-refractivity contribution < 1.29 is 27.5 Å². The van der Waals surface area contributed by atoms with Crippen LogP contribution in [-0.2, 0) is 19.6 Å². The fourth-order valence-electron chi connectivity index (χ4n) is 2.66. The lowest BCUT2D eigenvalue weighted by Gasteiger charge is -2.12. The summed E-state index contributed by atoms with van der Waals surface area (Å²) in [4.78, 5) is 26.2. The summed E-state index contributed by atoms with van der Waals surface area (Å²) in [5, 5.41) is 7.64. The standard InChI is InChI=1S/C20H19N3O6S3/c1-23-19(25)17(31-20(23)30)10-12-3-8-15(16(9-12)28-2)29-11-18(24)22-13-4-6-14(7-5-13)32(21,26)27/h3-10H,11H2,1-2H3,(H,22,24)(H2,21,26,27)/b17-10-. The van der Waals surface area contributed by atoms with E-state index in [0.29, 0.717) is 32.0 Å². The number of sulfonamides is 1. The van der Waals surface area contributed by atoms with Crippen molar-refractivity contribution in [2.75, 3.05) is 26.1 Å². The van der Waals surface area contributed by atoms with Crippen molar-refractivity contribution in [2.24, 2.45) is 5.14 Å². The molecule has 0 bridgehead atoms. The minimum absolute atomic E-state index is 0.0577. The minimum atomic E-state index is -3.81. The molecule has 168 valence electrons. The molecular weight excluding hydrogens is 474 g/mol. The molecule has 1 heterocycles. The molecule has 1 fully saturated rings. The number of ether oxygens (including phenoxy) is 2. The van der Waals surface area contributed by atoms with Crippen LogP contribution in [-0.4, -0.2) is 50.2 Å². The van der Waals surface area contributed by atoms with Gasteiger partial charge in [-0.05, 0) is 48.0 Å². The molecule has 0 aromatic heterocycles. The van der Waals surface area contributed by atoms with Gasteiger partial charge in [-0.2, -0.15) is 0 Å². The van der Waals surface area contributed by atoms with Gasteiger partial charge in [-0.3, -0.25) is 14.5 Å². The van der Waals surface area contributed by atoms with Gasteiger partial charge in [0.2, 0.25) is 10.0 Å². The summed E-state index contributed by atoms with van der Waals surface area (Å²) >= 11 is 6.34. The second kappa shape index (κ2) is 9.69. The number of thiocarbonyl (C=S) groups is 1. The Bertz CT molecular complexity index is 1210. The molecular formula is C20H19N3O6S3. The van der Waals surface area contributed by atoms with Crippen LogP contribution in [0.25, 0.3) is 6.08 Å². The number of primary sulfonamides is 1. The Kier molecular flexibility index (Phi) is 7.19. The molecule has 32 heavy (non-hydrogen) atoms. The van der Waals surface area contributed by atoms with Gasteiger partial charge in [0, 0.05) is 12.7 Å². The summed E-state index contributed by atoms with van der Waals surface area (Å²) in [5.41, 5.74) is 1.10. The highest BCUT2D eigenvalue weighted by Gasteiger charge is 2.28. The molecule has 2 aromatic carbocycles. The molecule has 2 aromatic rings. The van der Waals surface area contributed by atoms with Crippen LogP contribution in [0.5, 0.6) is 11.5 Å². The van der Waals surface area contributed by atoms with Gasteiger partial charge in [0.15, 0.2) is 18.1 Å². The summed E-state index contributed by atoms with van der Waals surface area (Å²) in [5.74, 6) is 0.0996. The van der Waals surface area contributed by atoms with Crippen molar-refractivity contribution >= 4 is 61.9 Å². The predicted molar refractivity (Wildman–Crippen MR) is 126 cm³/mol. The number of benzene rings is 2. The largest absolute Gasteiger partial charge is 0.493 e. The third-order valence-corrected chi connectivity index (χ3v) is 6.71. The van der Waals surface area contributed by atoms with E-state index in [-0.39, 0.29) is 17.4 Å². The molecule has 0 radical (unpaired) electrons. The normalized spacial score (nSPS) is 15.2. The van der Waals surface area contributed by atoms with Crippen LogP contribution in [0.3, 0.4) is 0 Å². The van der Waals surface area contributed by atoms with Gasteiger partial charge in [0.25, 0.3) is 11.8 Å². The molecule has 1 aliphatic rings. The van der Waals surface area contributed by atoms with E-state index in [2.05, 4.69) is 5.32 Å². The van der Waals surface area contributed by atoms with Crippen molar-refractivity contribution in [1.29, 1.82) is 0 Å². The molecule has 1 aliphatic heterocycles. The van der Waals surface area contributed by atoms with Gasteiger partial charge in [-0.15, -0.1) is 0 Å². The van der Waals surface area contributed by atoms with Gasteiger partial charge in [0.05, 0.1) is 16.9 Å². The third kappa shape index (κ3) is 5.65. The van der Waals surface area contributed by atoms with Crippen molar-refractivity contribution in [2.45, 2.75) is 4.90 Å². The van der Waals surface area contributed by atoms with Crippen LogP contribution >= 0.6 is 24.0 Å². The zero-order valence-electron chi connectivity index (χ0n) is 17.0. The van der Waals surface area contributed by atoms with Gasteiger partial charge >= 0.3 is 0 Å². The average molecular weight is 494 g/mol. The smallest absolute Gasteiger partial charge is 0.265 e. The molecule has 2 amide bonds. The first-order chi connectivity index (χ1) is 15.1. The molecule has 3 N–H and O–H groups in total. The zero-order chi connectivity index (χ0) is 23.5. The predicted octanol–water partition coefficient (Wildman–Crippen LogP) is 2.19. The molecule has 1 saturated heterocycles. The lowest BCUT2D eigenvalue weighted by Crippen LogP contribution is -2.22. The Hall–Kier alpha value is -2.93. The Morgan fingerprint density at radius 3 is 2.47 bits per heavy atom. The van der Waals surface area contributed by atoms with Gasteiger partial charge in [0.1, 0.15) is 4.32 Å². The van der Waals surface area contributed by atoms with Crippen LogP contribution in [0.2, 0.25) is 0 Å². The maximum atomic E-state index is 12.2. The number of carbonyl (C=O) groups is 2. The lowest BCUT2D eigenvalue weighted by molar-refractivity contribution is -0.121. The summed E-state index contributed by atoms with van der Waals surface area (Å²) in [6.07, 6.45) is 1.70. The maximum Gasteiger partial charge on any atom is 0.265 e. The van der Waals surface area contributed by atoms with Crippen molar-refractivity contribution in [3.63, 3.8) is 0 Å². The van der Waals surface area contributed by atoms with E-state index >= 15 is 0 Å². The van der Waals surface area contributed by atoms with Crippen LogP contribution in [0.1, 0.15) is 5.56 Å². The van der Waals surface area contributed by atoms with Gasteiger partial charge in [-0.25, -0.2) is 13.6 Å². The van der Waals surface area contributed by atoms with Crippen LogP contribution in [0.15, 0.2) is 52.3 Å². The summed E-state index contributed by atoms with van der Waals surface area (Å²) in [6, 6.07) is 10.5. The lowest BCUT2D eigenvalue weighted by atomic mass is 10.2. The first-order valence-electron chi connectivity index (χ1n) is 9.03. The summed E-state index contributed by atoms with van der Waals surface area (Å²) < 4.78 is 33.9. The van der Waals surface area contributed by atoms with Crippen molar-refractivity contribution in [3.8, 4) is 11.5 Å². The van der Waals surface area contributed by atoms with E-state index in [1.165, 1.54) is 48.0 Å². The van der Waals surface area contributed by atoms with E-state index in [4.69, 9.17) is 26.8 Å². The third-order valence-electron chi connectivity index (χ3n) is 4.30. The SMILES string of the molecule is COc1cc(/C=C2\SC(=S)N(C)C2=O)ccc1OCC(=O)Nc1ccc(S(N)(=O)=O)cc1. The average Bonchev–Trinajstić information content (AvgIpc) is 2.99. The monoisotopic (exact) mass is 493 g/mol. The van der Waals surface area contributed by atoms with E-state index in [1.54, 1.807) is 31.3 Å². The molecule has 3 rings (SSSR count). The number of nitrogens with two attached hydrogens (primary N) is 1. The molecule has 0 atom stereocenters. The fraction of sp³-hybridized carbons (Fsp3) is 0.150. The first-order valence-corrected chi connectivity index (χ1v) is 11.8. The number of methoxy groups -OCH3 is 1. The highest BCUT2D eigenvalue weighted by Crippen LogP contribution is 2.34. The topological polar surface area (TPSA) is 128 Å². The minimum Gasteiger partial charge on any atom is -0.493 e. The molecule has 0 saturated carbocycles. The molecule has 12 heteroatoms. The number of likely N-dealkylation sites (N-methyl/N-ethyl adjacent to an activating group) is 1. The van der Waals surface area contributed by atoms with Crippen molar-refractivity contribution in [3.05, 3.63) is 52.9 Å². The Morgan fingerprint density at radius 1 is 1.22 bits per heavy atom. The van der Waals surface area contributed by atoms with Crippen LogP contribution in [0, 0.1) is 0 Å². The Morgan fingerprint density at radius 2 is 1.91 bits per heavy atom. The number of hydrogen-bond donors (Lipinski definition) is 2. The van der Waals surface area contributed by atoms with E-state index in [1.807, 2.05) is 0 Å². The zero-order valence-corrected chi connectivity index (χ0v) is 19.5. The summed E-state index contributed by atoms with van der Waals surface area (Å²) in [6.45, 7) is -0.304. The van der Waals surface area contributed by atoms with Crippen LogP contribution in [0.4, 0.5) is 5.69 Å². The number of thioether (sulfide) groups is 1. The summed E-state index contributed by atoms with van der Waals surface area (Å²) in [7, 11) is -0.722. The quantitative estimate of drug-likeness (QED) is 0.444. The highest BCUT2D eigenvalue weighted by atomic mass is 32.2. The van der Waals surface area contributed by atoms with E-state index in [0.717, 1.165) is 0 Å². The number of anilines is 1. The number of nitrogens with zero attached hydrogens (tertiary/aromatic N) is 1. The van der Waals surface area contributed by atoms with Gasteiger partial charge < -0.3 is 14.8 Å². The maximum absolute atomic E-state index is 12.2. The molecule has 9 nitrogen and oxygen atoms in total. The number of hydrogen-bond acceptors (Lipinski definition) is 8. The fourth-order valence-corrected chi connectivity index (χ4v) is 4.35. The van der Waals surface area contributed by atoms with E-state index < -0.39 is 15.9 Å². The van der Waals surface area contributed by atoms with E-state index in [9.17, 15) is 18.0 Å². The van der Waals surface area contributed by atoms with Crippen LogP contribution < -0.4 is 19.9 Å². The molecule has 0 spiro atoms. The van der Waals surface area contributed by atoms with Gasteiger partial charge in [-0.1, -0.05) is 30.0 Å². The number of carbonyl (C=O) groups excluding carboxylic acids is 2. The number of amides is 2. The second-order valence-corrected chi connectivity index (χ2v) is 9.79. The first kappa shape index (κ1) is 23.7.